The molecule has 2 N–H and O–H groups in total. The lowest BCUT2D eigenvalue weighted by Gasteiger charge is -2.50. The summed E-state index contributed by atoms with van der Waals surface area (Å²) < 4.78 is 12.0. The molecule has 6 nitrogen and oxygen atoms in total. The van der Waals surface area contributed by atoms with Gasteiger partial charge in [-0.25, -0.2) is 0 Å². The van der Waals surface area contributed by atoms with E-state index >= 15 is 0 Å². The Labute approximate surface area is 137 Å². The van der Waals surface area contributed by atoms with Gasteiger partial charge in [0.2, 0.25) is 0 Å². The highest BCUT2D eigenvalue weighted by Gasteiger charge is 2.50. The van der Waals surface area contributed by atoms with Crippen LogP contribution in [0.3, 0.4) is 0 Å². The molecule has 0 aliphatic carbocycles. The fourth-order valence-corrected chi connectivity index (χ4v) is 3.88. The number of hydrogen-bond acceptors (Lipinski definition) is 6. The first-order valence-corrected chi connectivity index (χ1v) is 8.36. The molecule has 2 rings (SSSR count). The van der Waals surface area contributed by atoms with E-state index in [1.807, 2.05) is 13.8 Å². The van der Waals surface area contributed by atoms with Gasteiger partial charge in [0.15, 0.2) is 17.4 Å². The van der Waals surface area contributed by atoms with Gasteiger partial charge in [0.1, 0.15) is 12.2 Å². The number of aliphatic hydroxyl groups is 2. The third kappa shape index (κ3) is 4.18. The van der Waals surface area contributed by atoms with Crippen LogP contribution in [0.25, 0.3) is 0 Å². The van der Waals surface area contributed by atoms with Crippen molar-refractivity contribution in [1.29, 1.82) is 0 Å². The maximum atomic E-state index is 11.5. The van der Waals surface area contributed by atoms with Gasteiger partial charge in [-0.2, -0.15) is 0 Å². The van der Waals surface area contributed by atoms with Gasteiger partial charge in [0.25, 0.3) is 0 Å². The molecular formula is C17H28O6. The van der Waals surface area contributed by atoms with E-state index in [1.54, 1.807) is 0 Å². The Morgan fingerprint density at radius 1 is 0.913 bits per heavy atom. The number of carbonyl (C=O) groups excluding carboxylic acids is 2. The average Bonchev–Trinajstić information content (AvgIpc) is 2.43. The molecule has 2 saturated heterocycles. The molecule has 2 aliphatic rings. The highest BCUT2D eigenvalue weighted by molar-refractivity contribution is 5.81. The molecule has 2 heterocycles. The van der Waals surface area contributed by atoms with Gasteiger partial charge in [0.05, 0.1) is 12.2 Å². The van der Waals surface area contributed by atoms with Gasteiger partial charge < -0.3 is 19.7 Å². The first-order valence-electron chi connectivity index (χ1n) is 8.36. The first kappa shape index (κ1) is 18.5. The molecule has 0 aromatic rings. The van der Waals surface area contributed by atoms with E-state index in [0.717, 1.165) is 0 Å². The van der Waals surface area contributed by atoms with E-state index in [1.165, 1.54) is 13.8 Å². The second kappa shape index (κ2) is 6.97. The fraction of sp³-hybridized carbons (Fsp3) is 0.882. The smallest absolute Gasteiger partial charge is 0.169 e. The van der Waals surface area contributed by atoms with E-state index < -0.39 is 30.2 Å². The van der Waals surface area contributed by atoms with Gasteiger partial charge in [0, 0.05) is 12.8 Å². The van der Waals surface area contributed by atoms with Crippen LogP contribution in [0.4, 0.5) is 0 Å². The summed E-state index contributed by atoms with van der Waals surface area (Å²) in [6.07, 6.45) is -1.16. The maximum Gasteiger partial charge on any atom is 0.169 e. The van der Waals surface area contributed by atoms with Gasteiger partial charge in [-0.1, -0.05) is 13.8 Å². The molecule has 6 heteroatoms. The minimum atomic E-state index is -1.17. The quantitative estimate of drug-likeness (QED) is 0.806. The van der Waals surface area contributed by atoms with Gasteiger partial charge in [-0.3, -0.25) is 9.59 Å². The van der Waals surface area contributed by atoms with Gasteiger partial charge in [-0.15, -0.1) is 0 Å². The molecule has 0 aromatic heterocycles. The largest absolute Gasteiger partial charge is 0.383 e. The third-order valence-corrected chi connectivity index (χ3v) is 4.86. The van der Waals surface area contributed by atoms with Crippen molar-refractivity contribution in [1.82, 2.24) is 0 Å². The molecule has 0 bridgehead atoms. The molecular weight excluding hydrogens is 300 g/mol. The topological polar surface area (TPSA) is 93.1 Å². The number of ketones is 2. The molecule has 0 saturated carbocycles. The van der Waals surface area contributed by atoms with Crippen LogP contribution < -0.4 is 0 Å². The van der Waals surface area contributed by atoms with Crippen molar-refractivity contribution < 1.29 is 29.3 Å². The molecule has 2 unspecified atom stereocenters. The second-order valence-corrected chi connectivity index (χ2v) is 7.42. The summed E-state index contributed by atoms with van der Waals surface area (Å²) in [6.45, 7) is 6.74. The van der Waals surface area contributed by atoms with Crippen LogP contribution in [0, 0.1) is 11.8 Å². The number of ether oxygens (including phenoxy) is 2. The van der Waals surface area contributed by atoms with Crippen LogP contribution >= 0.6 is 0 Å². The van der Waals surface area contributed by atoms with Crippen LogP contribution in [0.2, 0.25) is 0 Å². The normalized spacial score (nSPS) is 40.6. The van der Waals surface area contributed by atoms with Crippen LogP contribution in [-0.2, 0) is 19.1 Å². The molecule has 2 aliphatic heterocycles. The maximum absolute atomic E-state index is 11.5. The Morgan fingerprint density at radius 3 is 1.57 bits per heavy atom. The van der Waals surface area contributed by atoms with Crippen molar-refractivity contribution >= 4 is 11.6 Å². The summed E-state index contributed by atoms with van der Waals surface area (Å²) in [7, 11) is 0. The Kier molecular flexibility index (Phi) is 5.61. The molecule has 2 fully saturated rings. The zero-order chi connectivity index (χ0) is 17.4. The fourth-order valence-electron chi connectivity index (χ4n) is 3.88. The SMILES string of the molecule is CC(=O)[C@H](O)[C@@H]1CC(C)CC2(C[C@H](C)C[C@@H]([C@@H](O)C(C)=O)O2)O1. The minimum absolute atomic E-state index is 0.211. The predicted octanol–water partition coefficient (Wildman–Crippen LogP) is 1.21. The average molecular weight is 328 g/mol. The Hall–Kier alpha value is -0.820. The summed E-state index contributed by atoms with van der Waals surface area (Å²) in [5.74, 6) is -1.18. The van der Waals surface area contributed by atoms with Crippen LogP contribution in [-0.4, -0.2) is 52.0 Å². The zero-order valence-electron chi connectivity index (χ0n) is 14.3. The van der Waals surface area contributed by atoms with Gasteiger partial charge >= 0.3 is 0 Å². The summed E-state index contributed by atoms with van der Waals surface area (Å²) in [5, 5.41) is 20.2. The molecule has 0 amide bonds. The van der Waals surface area contributed by atoms with E-state index in [0.29, 0.717) is 25.7 Å². The molecule has 7 atom stereocenters. The Morgan fingerprint density at radius 2 is 1.26 bits per heavy atom. The first-order chi connectivity index (χ1) is 10.6. The standard InChI is InChI=1S/C17H28O6/c1-9-5-13(15(20)11(3)18)22-17(7-9)8-10(2)6-14(23-17)16(21)12(4)19/h9-10,13-16,20-21H,5-8H2,1-4H3/t9-,10?,13+,14+,15+,16+,17?/m1/s1. The number of Topliss-reactive ketones (excluding diaryl/α,β-unsaturated/α-hetero) is 2. The summed E-state index contributed by atoms with van der Waals surface area (Å²) >= 11 is 0. The number of hydrogen-bond donors (Lipinski definition) is 2. The van der Waals surface area contributed by atoms with E-state index in [4.69, 9.17) is 9.47 Å². The number of rotatable bonds is 4. The highest BCUT2D eigenvalue weighted by Crippen LogP contribution is 2.44. The number of carbonyl (C=O) groups is 2. The van der Waals surface area contributed by atoms with Gasteiger partial charge in [-0.05, 0) is 38.5 Å². The minimum Gasteiger partial charge on any atom is -0.383 e. The van der Waals surface area contributed by atoms with Crippen molar-refractivity contribution in [3.05, 3.63) is 0 Å². The summed E-state index contributed by atoms with van der Waals surface area (Å²) in [4.78, 5) is 23.0. The lowest BCUT2D eigenvalue weighted by atomic mass is 9.81. The zero-order valence-corrected chi connectivity index (χ0v) is 14.3. The van der Waals surface area contributed by atoms with Crippen molar-refractivity contribution in [2.75, 3.05) is 0 Å². The van der Waals surface area contributed by atoms with Crippen LogP contribution in [0.15, 0.2) is 0 Å². The molecule has 0 aromatic carbocycles. The Balaban J connectivity index is 2.20. The molecule has 23 heavy (non-hydrogen) atoms. The molecule has 0 radical (unpaired) electrons. The second-order valence-electron chi connectivity index (χ2n) is 7.42. The van der Waals surface area contributed by atoms with Crippen molar-refractivity contribution in [2.45, 2.75) is 83.6 Å². The van der Waals surface area contributed by atoms with Crippen LogP contribution in [0.5, 0.6) is 0 Å². The number of aliphatic hydroxyl groups excluding tert-OH is 2. The lowest BCUT2D eigenvalue weighted by Crippen LogP contribution is -2.57. The van der Waals surface area contributed by atoms with Crippen molar-refractivity contribution in [3.8, 4) is 0 Å². The van der Waals surface area contributed by atoms with E-state index in [-0.39, 0.29) is 23.4 Å². The summed E-state index contributed by atoms with van der Waals surface area (Å²) in [6, 6.07) is 0. The van der Waals surface area contributed by atoms with Crippen LogP contribution in [0.1, 0.15) is 53.4 Å². The van der Waals surface area contributed by atoms with E-state index in [9.17, 15) is 19.8 Å². The van der Waals surface area contributed by atoms with E-state index in [2.05, 4.69) is 0 Å². The Bertz CT molecular complexity index is 420. The summed E-state index contributed by atoms with van der Waals surface area (Å²) in [5.41, 5.74) is 0. The monoisotopic (exact) mass is 328 g/mol. The third-order valence-electron chi connectivity index (χ3n) is 4.86. The lowest BCUT2D eigenvalue weighted by molar-refractivity contribution is -0.342. The van der Waals surface area contributed by atoms with Crippen molar-refractivity contribution in [2.24, 2.45) is 11.8 Å². The predicted molar refractivity (Wildman–Crippen MR) is 82.6 cm³/mol. The molecule has 132 valence electrons. The highest BCUT2D eigenvalue weighted by atomic mass is 16.7. The van der Waals surface area contributed by atoms with Crippen molar-refractivity contribution in [3.63, 3.8) is 0 Å². The molecule has 1 spiro atoms.